The van der Waals surface area contributed by atoms with Gasteiger partial charge in [0.2, 0.25) is 0 Å². The summed E-state index contributed by atoms with van der Waals surface area (Å²) in [5, 5.41) is 37.0. The lowest BCUT2D eigenvalue weighted by Crippen LogP contribution is -2.02. The van der Waals surface area contributed by atoms with Crippen LogP contribution in [-0.4, -0.2) is 118 Å². The van der Waals surface area contributed by atoms with E-state index in [9.17, 15) is 15.8 Å². The standard InChI is InChI=1S/C39H26N8.C34H27N11.C29H22N8/c1-24-41-25(2)43-38(42-24)28-19-20-34-32(21-28)31-15-9-10-16-33(31)47(34)35-22-29(17-18-30(35)23-40)39-45-36(26-11-5-3-6-12-26)44-37(46-39)27-13-7-4-8-14-27;1-17-36-18(2)40-32(39-17)23-7-8-26(16-35)29(13-23)45-30-14-24(33-41-19(3)37-20(4)42-33)9-11-27(30)28-12-10-25(15-31(28)45)34-43-21(5)38-22(6)44-34;1-16-31-17(2)34-28(33-16)20-9-10-22(15-30)26(13-20)37-25-8-6-5-7-23(25)24-12-11-21(14-27(24)37)29-35-18(3)32-19(4)36-29/h3-22H,1-2H3;7-15H,1-6H3;5-14H,1-4H3. The van der Waals surface area contributed by atoms with Crippen molar-refractivity contribution in [3.63, 3.8) is 0 Å². The average molecular weight is 1680 g/mol. The Morgan fingerprint density at radius 3 is 0.682 bits per heavy atom. The molecule has 0 aliphatic heterocycles. The number of para-hydroxylation sites is 2. The molecule has 11 aromatic carbocycles. The summed E-state index contributed by atoms with van der Waals surface area (Å²) < 4.78 is 6.36. The molecule has 0 fully saturated rings. The van der Waals surface area contributed by atoms with Gasteiger partial charge in [0.15, 0.2) is 52.4 Å². The lowest BCUT2D eigenvalue weighted by molar-refractivity contribution is 0.927. The van der Waals surface area contributed by atoms with Crippen molar-refractivity contribution >= 4 is 65.4 Å². The van der Waals surface area contributed by atoms with Crippen molar-refractivity contribution in [1.82, 2.24) is 118 Å². The van der Waals surface area contributed by atoms with Crippen LogP contribution in [0.3, 0.4) is 0 Å². The molecule has 10 aromatic heterocycles. The van der Waals surface area contributed by atoms with Crippen molar-refractivity contribution < 1.29 is 0 Å². The molecule has 0 saturated heterocycles. The maximum atomic E-state index is 10.3. The Morgan fingerprint density at radius 1 is 0.171 bits per heavy atom. The zero-order valence-corrected chi connectivity index (χ0v) is 72.1. The molecule has 0 N–H and O–H groups in total. The van der Waals surface area contributed by atoms with Crippen LogP contribution in [0.4, 0.5) is 0 Å². The summed E-state index contributed by atoms with van der Waals surface area (Å²) in [6.45, 7) is 22.3. The number of aryl methyl sites for hydroxylation is 12. The third-order valence-electron chi connectivity index (χ3n) is 21.9. The molecule has 0 spiro atoms. The van der Waals surface area contributed by atoms with Crippen molar-refractivity contribution in [2.75, 3.05) is 0 Å². The fourth-order valence-corrected chi connectivity index (χ4v) is 16.6. The van der Waals surface area contributed by atoms with Gasteiger partial charge in [-0.25, -0.2) is 105 Å². The molecule has 0 unspecified atom stereocenters. The van der Waals surface area contributed by atoms with E-state index in [0.717, 1.165) is 127 Å². The average Bonchev–Trinajstić information content (AvgIpc) is 1.59. The number of nitriles is 3. The Morgan fingerprint density at radius 2 is 0.380 bits per heavy atom. The van der Waals surface area contributed by atoms with Crippen LogP contribution in [0.25, 0.3) is 185 Å². The Kier molecular flexibility index (Phi) is 21.1. The predicted molar refractivity (Wildman–Crippen MR) is 496 cm³/mol. The molecule has 129 heavy (non-hydrogen) atoms. The number of hydrogen-bond acceptors (Lipinski definition) is 24. The summed E-state index contributed by atoms with van der Waals surface area (Å²) in [5.74, 6) is 13.0. The highest BCUT2D eigenvalue weighted by molar-refractivity contribution is 6.13. The van der Waals surface area contributed by atoms with Crippen LogP contribution >= 0.6 is 0 Å². The first-order chi connectivity index (χ1) is 62.6. The van der Waals surface area contributed by atoms with E-state index in [-0.39, 0.29) is 0 Å². The van der Waals surface area contributed by atoms with Crippen LogP contribution in [0.5, 0.6) is 0 Å². The van der Waals surface area contributed by atoms with Gasteiger partial charge in [-0.3, -0.25) is 0 Å². The Balaban J connectivity index is 0.000000127. The maximum absolute atomic E-state index is 10.3. The first-order valence-corrected chi connectivity index (χ1v) is 41.5. The number of benzene rings is 11. The van der Waals surface area contributed by atoms with Gasteiger partial charge in [0.05, 0.1) is 66.9 Å². The van der Waals surface area contributed by atoms with Crippen molar-refractivity contribution in [2.45, 2.75) is 83.1 Å². The maximum Gasteiger partial charge on any atom is 0.164 e. The third-order valence-corrected chi connectivity index (χ3v) is 21.9. The number of fused-ring (bicyclic) bond motifs is 9. The van der Waals surface area contributed by atoms with Gasteiger partial charge in [0, 0.05) is 82.4 Å². The van der Waals surface area contributed by atoms with Gasteiger partial charge in [-0.15, -0.1) is 0 Å². The lowest BCUT2D eigenvalue weighted by atomic mass is 10.1. The minimum atomic E-state index is 0.495. The van der Waals surface area contributed by atoms with Crippen LogP contribution in [-0.2, 0) is 0 Å². The topological polar surface area (TPSA) is 357 Å². The first-order valence-electron chi connectivity index (χ1n) is 41.5. The predicted octanol–water partition coefficient (Wildman–Crippen LogP) is 20.0. The van der Waals surface area contributed by atoms with Gasteiger partial charge in [-0.2, -0.15) is 15.8 Å². The summed E-state index contributed by atoms with van der Waals surface area (Å²) in [4.78, 5) is 95.7. The summed E-state index contributed by atoms with van der Waals surface area (Å²) in [7, 11) is 0. The molecule has 0 radical (unpaired) electrons. The van der Waals surface area contributed by atoms with Crippen molar-refractivity contribution in [3.05, 3.63) is 323 Å². The van der Waals surface area contributed by atoms with Crippen LogP contribution in [0.1, 0.15) is 86.6 Å². The summed E-state index contributed by atoms with van der Waals surface area (Å²) >= 11 is 0. The monoisotopic (exact) mass is 1680 g/mol. The first kappa shape index (κ1) is 81.0. The highest BCUT2D eigenvalue weighted by atomic mass is 15.1. The fraction of sp³-hybridized carbons (Fsp3) is 0.118. The Bertz CT molecular complexity index is 7990. The highest BCUT2D eigenvalue weighted by Gasteiger charge is 2.25. The Hall–Kier alpha value is -17.6. The molecular formula is C102H75N27. The summed E-state index contributed by atoms with van der Waals surface area (Å²) in [6.07, 6.45) is 0. The third kappa shape index (κ3) is 15.9. The molecule has 27 nitrogen and oxygen atoms in total. The summed E-state index contributed by atoms with van der Waals surface area (Å²) in [6, 6.07) is 85.1. The van der Waals surface area contributed by atoms with Gasteiger partial charge in [-0.1, -0.05) is 133 Å². The second kappa shape index (κ2) is 33.5. The molecule has 0 bridgehead atoms. The van der Waals surface area contributed by atoms with E-state index >= 15 is 0 Å². The number of nitrogens with zero attached hydrogens (tertiary/aromatic N) is 27. The van der Waals surface area contributed by atoms with E-state index in [0.29, 0.717) is 145 Å². The van der Waals surface area contributed by atoms with Gasteiger partial charge in [0.1, 0.15) is 88.1 Å². The van der Waals surface area contributed by atoms with Crippen LogP contribution in [0, 0.1) is 117 Å². The van der Waals surface area contributed by atoms with Crippen molar-refractivity contribution in [1.29, 1.82) is 15.8 Å². The van der Waals surface area contributed by atoms with Crippen molar-refractivity contribution in [3.8, 4) is 138 Å². The van der Waals surface area contributed by atoms with E-state index < -0.39 is 0 Å². The molecule has 21 aromatic rings. The molecule has 0 saturated carbocycles. The SMILES string of the molecule is Cc1nc(C)nc(-c2ccc(C#N)c(-n3c4cc(-c5nc(C)nc(C)n5)ccc4c4ccc(-c5nc(C)nc(C)n5)cc43)c2)n1.Cc1nc(C)nc(-c2ccc(C#N)c(-n3c4ccccc4c4ccc(-c5nc(C)nc(C)n5)cc43)c2)n1.Cc1nc(C)nc(-c2ccc3c(c2)c2ccccc2n3-c2cc(-c3nc(-c4ccccc4)nc(-c4ccccc4)n3)ccc2C#N)n1. The minimum Gasteiger partial charge on any atom is -0.308 e. The fourth-order valence-electron chi connectivity index (χ4n) is 16.6. The zero-order chi connectivity index (χ0) is 89.0. The van der Waals surface area contributed by atoms with E-state index in [2.05, 4.69) is 194 Å². The highest BCUT2D eigenvalue weighted by Crippen LogP contribution is 2.42. The molecule has 0 aliphatic rings. The van der Waals surface area contributed by atoms with E-state index in [4.69, 9.17) is 15.0 Å². The molecule has 27 heteroatoms. The second-order valence-corrected chi connectivity index (χ2v) is 31.1. The second-order valence-electron chi connectivity index (χ2n) is 31.1. The number of hydrogen-bond donors (Lipinski definition) is 0. The lowest BCUT2D eigenvalue weighted by Gasteiger charge is -2.13. The molecule has 618 valence electrons. The molecule has 0 aliphatic carbocycles. The van der Waals surface area contributed by atoms with E-state index in [1.54, 1.807) is 0 Å². The van der Waals surface area contributed by atoms with Crippen molar-refractivity contribution in [2.24, 2.45) is 0 Å². The quantitative estimate of drug-likeness (QED) is 0.110. The van der Waals surface area contributed by atoms with Crippen LogP contribution in [0.2, 0.25) is 0 Å². The molecule has 0 atom stereocenters. The normalized spacial score (nSPS) is 11.2. The number of aromatic nitrogens is 24. The Labute approximate surface area is 739 Å². The van der Waals surface area contributed by atoms with E-state index in [1.165, 1.54) is 0 Å². The van der Waals surface area contributed by atoms with Crippen LogP contribution < -0.4 is 0 Å². The summed E-state index contributed by atoms with van der Waals surface area (Å²) in [5.41, 5.74) is 17.0. The molecule has 0 amide bonds. The number of rotatable bonds is 12. The minimum absolute atomic E-state index is 0.495. The largest absolute Gasteiger partial charge is 0.308 e. The van der Waals surface area contributed by atoms with Gasteiger partial charge in [0.25, 0.3) is 0 Å². The molecule has 21 rings (SSSR count). The van der Waals surface area contributed by atoms with Gasteiger partial charge in [-0.05, 0) is 186 Å². The van der Waals surface area contributed by atoms with Gasteiger partial charge >= 0.3 is 0 Å². The molecular weight excluding hydrogens is 1600 g/mol. The van der Waals surface area contributed by atoms with E-state index in [1.807, 2.05) is 247 Å². The molecule has 10 heterocycles. The smallest absolute Gasteiger partial charge is 0.164 e. The van der Waals surface area contributed by atoms with Gasteiger partial charge < -0.3 is 13.7 Å². The zero-order valence-electron chi connectivity index (χ0n) is 72.1. The van der Waals surface area contributed by atoms with Crippen LogP contribution in [0.15, 0.2) is 237 Å².